The van der Waals surface area contributed by atoms with Crippen LogP contribution in [0.2, 0.25) is 0 Å². The minimum atomic E-state index is -0.386. The van der Waals surface area contributed by atoms with Gasteiger partial charge in [-0.1, -0.05) is 6.07 Å². The Morgan fingerprint density at radius 3 is 2.39 bits per heavy atom. The van der Waals surface area contributed by atoms with E-state index in [1.165, 1.54) is 0 Å². The van der Waals surface area contributed by atoms with Crippen molar-refractivity contribution in [1.82, 2.24) is 14.8 Å². The molecule has 3 rings (SSSR count). The van der Waals surface area contributed by atoms with Gasteiger partial charge in [0.1, 0.15) is 0 Å². The summed E-state index contributed by atoms with van der Waals surface area (Å²) < 4.78 is 19.0. The van der Waals surface area contributed by atoms with E-state index in [-0.39, 0.29) is 18.3 Å². The highest BCUT2D eigenvalue weighted by atomic mass is 16.7. The minimum absolute atomic E-state index is 0.348. The number of aromatic nitrogens is 3. The fourth-order valence-corrected chi connectivity index (χ4v) is 2.38. The zero-order valence-corrected chi connectivity index (χ0v) is 14.2. The molecule has 0 aromatic carbocycles. The van der Waals surface area contributed by atoms with E-state index in [4.69, 9.17) is 14.0 Å². The molecule has 0 amide bonds. The van der Waals surface area contributed by atoms with E-state index in [1.807, 2.05) is 50.7 Å². The molecule has 0 N–H and O–H groups in total. The van der Waals surface area contributed by atoms with Crippen molar-refractivity contribution in [2.45, 2.75) is 45.4 Å². The Morgan fingerprint density at radius 2 is 1.83 bits per heavy atom. The van der Waals surface area contributed by atoms with Crippen LogP contribution in [-0.4, -0.2) is 40.2 Å². The first-order chi connectivity index (χ1) is 10.8. The number of hydrogen-bond donors (Lipinski definition) is 0. The van der Waals surface area contributed by atoms with Crippen LogP contribution in [-0.2, 0) is 15.9 Å². The molecule has 0 spiro atoms. The van der Waals surface area contributed by atoms with Gasteiger partial charge in [0.15, 0.2) is 0 Å². The number of hydrogen-bond acceptors (Lipinski definition) is 5. The average molecular weight is 315 g/mol. The summed E-state index contributed by atoms with van der Waals surface area (Å²) in [6.45, 7) is 8.80. The molecule has 6 nitrogen and oxygen atoms in total. The van der Waals surface area contributed by atoms with Crippen molar-refractivity contribution in [2.75, 3.05) is 7.11 Å². The molecule has 2 aromatic rings. The topological polar surface area (TPSA) is 58.4 Å². The summed E-state index contributed by atoms with van der Waals surface area (Å²) in [5, 5.41) is 4.39. The van der Waals surface area contributed by atoms with Gasteiger partial charge in [0, 0.05) is 30.1 Å². The van der Waals surface area contributed by atoms with Crippen LogP contribution in [0.3, 0.4) is 0 Å². The van der Waals surface area contributed by atoms with Crippen LogP contribution < -0.4 is 10.2 Å². The third kappa shape index (κ3) is 3.11. The molecule has 0 aliphatic carbocycles. The highest BCUT2D eigenvalue weighted by Crippen LogP contribution is 2.36. The van der Waals surface area contributed by atoms with E-state index in [0.717, 1.165) is 11.0 Å². The van der Waals surface area contributed by atoms with E-state index in [9.17, 15) is 0 Å². The minimum Gasteiger partial charge on any atom is -0.481 e. The van der Waals surface area contributed by atoms with Gasteiger partial charge in [0.05, 0.1) is 24.9 Å². The Balaban J connectivity index is 1.71. The molecule has 23 heavy (non-hydrogen) atoms. The predicted molar refractivity (Wildman–Crippen MR) is 87.8 cm³/mol. The quantitative estimate of drug-likeness (QED) is 0.803. The smallest absolute Gasteiger partial charge is 0.481 e. The molecule has 0 radical (unpaired) electrons. The molecular formula is C16H22BN3O3. The summed E-state index contributed by atoms with van der Waals surface area (Å²) in [5.74, 6) is 0.604. The zero-order valence-electron chi connectivity index (χ0n) is 14.2. The van der Waals surface area contributed by atoms with Crippen molar-refractivity contribution in [3.8, 4) is 5.88 Å². The first-order valence-corrected chi connectivity index (χ1v) is 7.68. The fraction of sp³-hybridized carbons (Fsp3) is 0.500. The van der Waals surface area contributed by atoms with Crippen LogP contribution in [0.15, 0.2) is 30.7 Å². The molecule has 122 valence electrons. The van der Waals surface area contributed by atoms with Gasteiger partial charge in [0.25, 0.3) is 0 Å². The summed E-state index contributed by atoms with van der Waals surface area (Å²) in [4.78, 5) is 4.20. The van der Waals surface area contributed by atoms with Crippen molar-refractivity contribution in [3.63, 3.8) is 0 Å². The third-order valence-electron chi connectivity index (χ3n) is 4.53. The first kappa shape index (κ1) is 16.0. The van der Waals surface area contributed by atoms with Gasteiger partial charge >= 0.3 is 7.12 Å². The lowest BCUT2D eigenvalue weighted by Gasteiger charge is -2.32. The largest absolute Gasteiger partial charge is 0.498 e. The van der Waals surface area contributed by atoms with Gasteiger partial charge in [-0.05, 0) is 33.3 Å². The Morgan fingerprint density at radius 1 is 1.13 bits per heavy atom. The Hall–Kier alpha value is -1.86. The van der Waals surface area contributed by atoms with Crippen molar-refractivity contribution in [2.24, 2.45) is 0 Å². The van der Waals surface area contributed by atoms with Gasteiger partial charge in [-0.25, -0.2) is 4.98 Å². The van der Waals surface area contributed by atoms with Gasteiger partial charge in [-0.3, -0.25) is 4.68 Å². The highest BCUT2D eigenvalue weighted by Gasteiger charge is 2.52. The second kappa shape index (κ2) is 5.65. The molecule has 1 fully saturated rings. The average Bonchev–Trinajstić information content (AvgIpc) is 3.03. The van der Waals surface area contributed by atoms with E-state index in [1.54, 1.807) is 19.5 Å². The van der Waals surface area contributed by atoms with Crippen LogP contribution in [0.5, 0.6) is 5.88 Å². The fourth-order valence-electron chi connectivity index (χ4n) is 2.38. The Bertz CT molecular complexity index is 666. The van der Waals surface area contributed by atoms with Crippen LogP contribution in [0.25, 0.3) is 0 Å². The molecular weight excluding hydrogens is 293 g/mol. The van der Waals surface area contributed by atoms with E-state index < -0.39 is 0 Å². The van der Waals surface area contributed by atoms with Gasteiger partial charge < -0.3 is 14.0 Å². The lowest BCUT2D eigenvalue weighted by Crippen LogP contribution is -2.41. The molecule has 1 aliphatic rings. The lowest BCUT2D eigenvalue weighted by atomic mass is 9.82. The molecule has 3 heterocycles. The van der Waals surface area contributed by atoms with Crippen LogP contribution in [0.4, 0.5) is 0 Å². The number of nitrogens with zero attached hydrogens (tertiary/aromatic N) is 3. The maximum Gasteiger partial charge on any atom is 0.498 e. The SMILES string of the molecule is COc1ccc(Cn2cc(B3OC(C)(C)C(C)(C)O3)cn2)cn1. The summed E-state index contributed by atoms with van der Waals surface area (Å²) in [7, 11) is 1.22. The standard InChI is InChI=1S/C16H22BN3O3/c1-15(2)16(3,4)23-17(22-15)13-9-19-20(11-13)10-12-6-7-14(21-5)18-8-12/h6-9,11H,10H2,1-5H3. The van der Waals surface area contributed by atoms with Crippen molar-refractivity contribution >= 4 is 12.6 Å². The van der Waals surface area contributed by atoms with E-state index in [0.29, 0.717) is 12.4 Å². The monoisotopic (exact) mass is 315 g/mol. The van der Waals surface area contributed by atoms with Crippen molar-refractivity contribution in [1.29, 1.82) is 0 Å². The molecule has 1 saturated heterocycles. The maximum absolute atomic E-state index is 6.04. The molecule has 0 saturated carbocycles. The summed E-state index contributed by atoms with van der Waals surface area (Å²) in [6.07, 6.45) is 5.53. The van der Waals surface area contributed by atoms with Gasteiger partial charge in [-0.15, -0.1) is 0 Å². The molecule has 7 heteroatoms. The van der Waals surface area contributed by atoms with Gasteiger partial charge in [0.2, 0.25) is 5.88 Å². The van der Waals surface area contributed by atoms with Crippen LogP contribution in [0.1, 0.15) is 33.3 Å². The molecule has 0 unspecified atom stereocenters. The Labute approximate surface area is 136 Å². The van der Waals surface area contributed by atoms with Crippen molar-refractivity contribution in [3.05, 3.63) is 36.3 Å². The number of ether oxygens (including phenoxy) is 1. The number of pyridine rings is 1. The summed E-state index contributed by atoms with van der Waals surface area (Å²) >= 11 is 0. The normalized spacial score (nSPS) is 19.1. The second-order valence-electron chi connectivity index (χ2n) is 6.77. The predicted octanol–water partition coefficient (Wildman–Crippen LogP) is 1.63. The van der Waals surface area contributed by atoms with E-state index in [2.05, 4.69) is 10.1 Å². The molecule has 0 atom stereocenters. The van der Waals surface area contributed by atoms with Crippen molar-refractivity contribution < 1.29 is 14.0 Å². The first-order valence-electron chi connectivity index (χ1n) is 7.68. The number of methoxy groups -OCH3 is 1. The number of rotatable bonds is 4. The maximum atomic E-state index is 6.04. The molecule has 1 aliphatic heterocycles. The third-order valence-corrected chi connectivity index (χ3v) is 4.53. The summed E-state index contributed by atoms with van der Waals surface area (Å²) in [6, 6.07) is 3.82. The Kier molecular flexibility index (Phi) is 3.94. The highest BCUT2D eigenvalue weighted by molar-refractivity contribution is 6.61. The molecule has 2 aromatic heterocycles. The van der Waals surface area contributed by atoms with E-state index >= 15 is 0 Å². The lowest BCUT2D eigenvalue weighted by molar-refractivity contribution is 0.00578. The zero-order chi connectivity index (χ0) is 16.7. The van der Waals surface area contributed by atoms with Crippen LogP contribution in [0, 0.1) is 0 Å². The second-order valence-corrected chi connectivity index (χ2v) is 6.77. The summed E-state index contributed by atoms with van der Waals surface area (Å²) in [5.41, 5.74) is 1.28. The van der Waals surface area contributed by atoms with Crippen LogP contribution >= 0.6 is 0 Å². The molecule has 0 bridgehead atoms. The van der Waals surface area contributed by atoms with Gasteiger partial charge in [-0.2, -0.15) is 5.10 Å².